The molecule has 0 radical (unpaired) electrons. The van der Waals surface area contributed by atoms with Crippen LogP contribution in [0.15, 0.2) is 12.2 Å². The normalized spacial score (nSPS) is 12.3. The van der Waals surface area contributed by atoms with E-state index in [1.807, 2.05) is 0 Å². The van der Waals surface area contributed by atoms with Crippen molar-refractivity contribution < 1.29 is 18.7 Å². The second-order valence-corrected chi connectivity index (χ2v) is 2.08. The number of carbonyl (C=O) groups excluding carboxylic acids is 1. The Balaban J connectivity index is 3.78. The Morgan fingerprint density at radius 3 is 2.55 bits per heavy atom. The largest absolute Gasteiger partial charge is 0.396 e. The summed E-state index contributed by atoms with van der Waals surface area (Å²) in [5, 5.41) is 8.23. The van der Waals surface area contributed by atoms with Crippen molar-refractivity contribution in [2.45, 2.75) is 18.8 Å². The third-order valence-electron chi connectivity index (χ3n) is 1.09. The van der Waals surface area contributed by atoms with E-state index in [0.29, 0.717) is 12.4 Å². The Hall–Kier alpha value is -0.770. The molecule has 0 saturated heterocycles. The van der Waals surface area contributed by atoms with Gasteiger partial charge in [0, 0.05) is 13.0 Å². The molecule has 0 rings (SSSR count). The molecule has 0 atom stereocenters. The van der Waals surface area contributed by atoms with Crippen LogP contribution in [0.25, 0.3) is 0 Å². The van der Waals surface area contributed by atoms with Gasteiger partial charge in [0.05, 0.1) is 0 Å². The molecule has 11 heavy (non-hydrogen) atoms. The Kier molecular flexibility index (Phi) is 4.61. The number of alkyl halides is 2. The number of aliphatic hydroxyl groups excluding tert-OH is 1. The summed E-state index contributed by atoms with van der Waals surface area (Å²) in [5.74, 6) is -2.97. The molecule has 0 bridgehead atoms. The molecule has 0 aliphatic heterocycles. The highest BCUT2D eigenvalue weighted by Gasteiger charge is 2.23. The second-order valence-electron chi connectivity index (χ2n) is 2.08. The summed E-state index contributed by atoms with van der Waals surface area (Å²) in [6.07, 6.45) is 1.21. The van der Waals surface area contributed by atoms with Crippen LogP contribution in [0.5, 0.6) is 0 Å². The molecule has 0 saturated carbocycles. The number of halogens is 2. The zero-order valence-electron chi connectivity index (χ0n) is 5.96. The van der Waals surface area contributed by atoms with Crippen LogP contribution in [-0.2, 0) is 4.79 Å². The van der Waals surface area contributed by atoms with E-state index >= 15 is 0 Å². The van der Waals surface area contributed by atoms with E-state index in [-0.39, 0.29) is 13.0 Å². The van der Waals surface area contributed by atoms with Gasteiger partial charge in [0.15, 0.2) is 0 Å². The summed E-state index contributed by atoms with van der Waals surface area (Å²) >= 11 is 0. The predicted octanol–water partition coefficient (Wildman–Crippen LogP) is 1.15. The molecule has 0 aromatic heterocycles. The maximum absolute atomic E-state index is 12.4. The van der Waals surface area contributed by atoms with Crippen LogP contribution in [0.2, 0.25) is 0 Å². The highest BCUT2D eigenvalue weighted by molar-refractivity contribution is 5.64. The van der Waals surface area contributed by atoms with Gasteiger partial charge in [0.2, 0.25) is 0 Å². The first-order valence-corrected chi connectivity index (χ1v) is 3.24. The lowest BCUT2D eigenvalue weighted by Gasteiger charge is -2.08. The number of allylic oxidation sites excluding steroid dienone is 2. The van der Waals surface area contributed by atoms with Gasteiger partial charge in [0.25, 0.3) is 5.92 Å². The van der Waals surface area contributed by atoms with E-state index in [1.54, 1.807) is 0 Å². The smallest absolute Gasteiger partial charge is 0.266 e. The van der Waals surface area contributed by atoms with Crippen molar-refractivity contribution in [1.29, 1.82) is 0 Å². The first-order valence-electron chi connectivity index (χ1n) is 3.24. The molecule has 2 nitrogen and oxygen atoms in total. The van der Waals surface area contributed by atoms with Gasteiger partial charge in [-0.15, -0.1) is 0 Å². The molecule has 0 aromatic rings. The van der Waals surface area contributed by atoms with Crippen molar-refractivity contribution in [3.63, 3.8) is 0 Å². The third kappa shape index (κ3) is 5.66. The molecule has 0 heterocycles. The molecule has 0 aromatic carbocycles. The van der Waals surface area contributed by atoms with Gasteiger partial charge in [-0.3, -0.25) is 4.79 Å². The molecular formula is C7H10F2O2. The highest BCUT2D eigenvalue weighted by atomic mass is 19.3. The van der Waals surface area contributed by atoms with E-state index in [0.717, 1.165) is 6.08 Å². The molecule has 0 aliphatic rings. The number of aldehydes is 1. The fraction of sp³-hybridized carbons (Fsp3) is 0.571. The highest BCUT2D eigenvalue weighted by Crippen LogP contribution is 2.21. The molecule has 4 heteroatoms. The topological polar surface area (TPSA) is 37.3 Å². The third-order valence-corrected chi connectivity index (χ3v) is 1.09. The number of hydrogen-bond acceptors (Lipinski definition) is 2. The van der Waals surface area contributed by atoms with E-state index in [2.05, 4.69) is 0 Å². The van der Waals surface area contributed by atoms with Crippen LogP contribution < -0.4 is 0 Å². The summed E-state index contributed by atoms with van der Waals surface area (Å²) in [4.78, 5) is 9.66. The van der Waals surface area contributed by atoms with Crippen LogP contribution in [0, 0.1) is 0 Å². The van der Waals surface area contributed by atoms with Gasteiger partial charge in [-0.1, -0.05) is 0 Å². The van der Waals surface area contributed by atoms with Crippen molar-refractivity contribution in [1.82, 2.24) is 0 Å². The average Bonchev–Trinajstić information content (AvgIpc) is 1.97. The minimum Gasteiger partial charge on any atom is -0.396 e. The fourth-order valence-corrected chi connectivity index (χ4v) is 0.578. The summed E-state index contributed by atoms with van der Waals surface area (Å²) in [6, 6.07) is 0. The number of carbonyl (C=O) groups is 1. The number of rotatable bonds is 5. The van der Waals surface area contributed by atoms with Gasteiger partial charge in [-0.05, 0) is 18.6 Å². The van der Waals surface area contributed by atoms with Crippen LogP contribution in [0.3, 0.4) is 0 Å². The van der Waals surface area contributed by atoms with Crippen molar-refractivity contribution in [2.75, 3.05) is 6.61 Å². The summed E-state index contributed by atoms with van der Waals surface area (Å²) in [5.41, 5.74) is 0. The van der Waals surface area contributed by atoms with Crippen LogP contribution >= 0.6 is 0 Å². The minimum atomic E-state index is -2.97. The Labute approximate surface area is 63.5 Å². The van der Waals surface area contributed by atoms with Crippen molar-refractivity contribution >= 4 is 6.29 Å². The summed E-state index contributed by atoms with van der Waals surface area (Å²) < 4.78 is 24.9. The number of aliphatic hydroxyl groups is 1. The van der Waals surface area contributed by atoms with Gasteiger partial charge in [0.1, 0.15) is 6.29 Å². The monoisotopic (exact) mass is 164 g/mol. The molecule has 64 valence electrons. The van der Waals surface area contributed by atoms with E-state index in [9.17, 15) is 13.6 Å². The molecule has 1 N–H and O–H groups in total. The quantitative estimate of drug-likeness (QED) is 0.489. The first-order chi connectivity index (χ1) is 5.12. The maximum Gasteiger partial charge on any atom is 0.266 e. The molecule has 0 aliphatic carbocycles. The van der Waals surface area contributed by atoms with Crippen molar-refractivity contribution in [3.05, 3.63) is 12.2 Å². The lowest BCUT2D eigenvalue weighted by molar-refractivity contribution is -0.104. The maximum atomic E-state index is 12.4. The standard InChI is InChI=1S/C7H10F2O2/c8-7(9,3-1-5-10)4-2-6-11/h1,3,5,11H,2,4,6H2/b3-1+. The van der Waals surface area contributed by atoms with E-state index in [4.69, 9.17) is 5.11 Å². The molecule has 0 amide bonds. The lowest BCUT2D eigenvalue weighted by atomic mass is 10.2. The average molecular weight is 164 g/mol. The Morgan fingerprint density at radius 2 is 2.09 bits per heavy atom. The van der Waals surface area contributed by atoms with Crippen molar-refractivity contribution in [3.8, 4) is 0 Å². The fourth-order valence-electron chi connectivity index (χ4n) is 0.578. The van der Waals surface area contributed by atoms with Crippen LogP contribution in [-0.4, -0.2) is 23.9 Å². The van der Waals surface area contributed by atoms with Crippen LogP contribution in [0.1, 0.15) is 12.8 Å². The van der Waals surface area contributed by atoms with Gasteiger partial charge < -0.3 is 5.11 Å². The van der Waals surface area contributed by atoms with E-state index in [1.165, 1.54) is 0 Å². The minimum absolute atomic E-state index is 0.0379. The SMILES string of the molecule is O=C/C=C/C(F)(F)CCCO. The molecule has 0 fully saturated rings. The Bertz CT molecular complexity index is 143. The molecule has 0 spiro atoms. The predicted molar refractivity (Wildman–Crippen MR) is 36.5 cm³/mol. The van der Waals surface area contributed by atoms with Crippen molar-refractivity contribution in [2.24, 2.45) is 0 Å². The zero-order chi connectivity index (χ0) is 8.74. The molecular weight excluding hydrogens is 154 g/mol. The first kappa shape index (κ1) is 10.2. The van der Waals surface area contributed by atoms with Gasteiger partial charge >= 0.3 is 0 Å². The summed E-state index contributed by atoms with van der Waals surface area (Å²) in [6.45, 7) is -0.259. The molecule has 0 unspecified atom stereocenters. The van der Waals surface area contributed by atoms with Gasteiger partial charge in [-0.2, -0.15) is 0 Å². The summed E-state index contributed by atoms with van der Waals surface area (Å²) in [7, 11) is 0. The second kappa shape index (κ2) is 4.96. The van der Waals surface area contributed by atoms with E-state index < -0.39 is 12.3 Å². The lowest BCUT2D eigenvalue weighted by Crippen LogP contribution is -2.12. The van der Waals surface area contributed by atoms with Crippen LogP contribution in [0.4, 0.5) is 8.78 Å². The zero-order valence-corrected chi connectivity index (χ0v) is 5.96. The Morgan fingerprint density at radius 1 is 1.45 bits per heavy atom. The number of hydrogen-bond donors (Lipinski definition) is 1. The van der Waals surface area contributed by atoms with Gasteiger partial charge in [-0.25, -0.2) is 8.78 Å².